The molecule has 0 fully saturated rings. The lowest BCUT2D eigenvalue weighted by molar-refractivity contribution is 0.0697. The molecule has 4 rings (SSSR count). The van der Waals surface area contributed by atoms with Crippen LogP contribution in [0.1, 0.15) is 21.7 Å². The van der Waals surface area contributed by atoms with Gasteiger partial charge >= 0.3 is 5.97 Å². The van der Waals surface area contributed by atoms with Crippen molar-refractivity contribution in [3.05, 3.63) is 86.9 Å². The summed E-state index contributed by atoms with van der Waals surface area (Å²) in [5.74, 6) is -1.01. The second kappa shape index (κ2) is 10.6. The van der Waals surface area contributed by atoms with Crippen molar-refractivity contribution in [2.24, 2.45) is 0 Å². The maximum Gasteiger partial charge on any atom is 0.335 e. The van der Waals surface area contributed by atoms with Gasteiger partial charge in [-0.05, 0) is 48.0 Å². The van der Waals surface area contributed by atoms with Gasteiger partial charge in [-0.25, -0.2) is 22.6 Å². The van der Waals surface area contributed by atoms with E-state index in [4.69, 9.17) is 16.3 Å². The largest absolute Gasteiger partial charge is 0.491 e. The number of ether oxygens (including phenoxy) is 1. The van der Waals surface area contributed by atoms with Crippen LogP contribution in [0.5, 0.6) is 5.75 Å². The summed E-state index contributed by atoms with van der Waals surface area (Å²) < 4.78 is 44.8. The fourth-order valence-electron chi connectivity index (χ4n) is 3.92. The number of aromatic nitrogens is 2. The summed E-state index contributed by atoms with van der Waals surface area (Å²) in [7, 11) is -3.71. The van der Waals surface area contributed by atoms with Crippen molar-refractivity contribution < 1.29 is 27.4 Å². The molecule has 1 aromatic heterocycles. The van der Waals surface area contributed by atoms with Crippen molar-refractivity contribution in [2.75, 3.05) is 12.9 Å². The van der Waals surface area contributed by atoms with Crippen LogP contribution in [-0.2, 0) is 23.1 Å². The van der Waals surface area contributed by atoms with Gasteiger partial charge in [-0.1, -0.05) is 23.7 Å². The topological polar surface area (TPSA) is 139 Å². The summed E-state index contributed by atoms with van der Waals surface area (Å²) in [5.41, 5.74) is 0.110. The number of carboxylic acids is 1. The third-order valence-corrected chi connectivity index (χ3v) is 7.04. The first-order chi connectivity index (χ1) is 18.0. The number of hydrogen-bond acceptors (Lipinski definition) is 7. The molecule has 12 heteroatoms. The number of rotatable bonds is 8. The van der Waals surface area contributed by atoms with E-state index in [-0.39, 0.29) is 45.9 Å². The number of benzene rings is 3. The zero-order valence-electron chi connectivity index (χ0n) is 19.8. The zero-order chi connectivity index (χ0) is 27.6. The van der Waals surface area contributed by atoms with E-state index in [1.54, 1.807) is 30.3 Å². The number of halogens is 2. The van der Waals surface area contributed by atoms with Crippen LogP contribution in [0.15, 0.2) is 64.3 Å². The molecule has 9 nitrogen and oxygen atoms in total. The Hall–Kier alpha value is -4.27. The molecule has 194 valence electrons. The molecule has 0 bridgehead atoms. The van der Waals surface area contributed by atoms with Crippen molar-refractivity contribution in [3.8, 4) is 22.9 Å². The number of carboxylic acid groups (broad SMARTS) is 1. The second-order valence-corrected chi connectivity index (χ2v) is 10.7. The van der Waals surface area contributed by atoms with Crippen LogP contribution in [0.25, 0.3) is 22.0 Å². The molecule has 0 radical (unpaired) electrons. The van der Waals surface area contributed by atoms with E-state index in [0.717, 1.165) is 23.0 Å². The Bertz CT molecular complexity index is 1800. The van der Waals surface area contributed by atoms with E-state index in [9.17, 15) is 32.8 Å². The van der Waals surface area contributed by atoms with Crippen LogP contribution < -0.4 is 10.3 Å². The third kappa shape index (κ3) is 5.37. The van der Waals surface area contributed by atoms with Crippen molar-refractivity contribution in [1.29, 1.82) is 5.26 Å². The third-order valence-electron chi connectivity index (χ3n) is 5.71. The highest BCUT2D eigenvalue weighted by atomic mass is 35.5. The lowest BCUT2D eigenvalue weighted by atomic mass is 10.0. The molecular weight excluding hydrogens is 537 g/mol. The van der Waals surface area contributed by atoms with Crippen molar-refractivity contribution in [3.63, 3.8) is 0 Å². The molecule has 0 saturated carbocycles. The van der Waals surface area contributed by atoms with Gasteiger partial charge in [0.05, 0.1) is 33.5 Å². The van der Waals surface area contributed by atoms with Gasteiger partial charge in [-0.3, -0.25) is 9.36 Å². The number of nitrogens with zero attached hydrogens (tertiary/aromatic N) is 3. The highest BCUT2D eigenvalue weighted by molar-refractivity contribution is 7.90. The first-order valence-electron chi connectivity index (χ1n) is 11.0. The van der Waals surface area contributed by atoms with Crippen LogP contribution in [0.3, 0.4) is 0 Å². The van der Waals surface area contributed by atoms with Gasteiger partial charge in [0.25, 0.3) is 5.56 Å². The lowest BCUT2D eigenvalue weighted by Gasteiger charge is -2.15. The molecule has 0 atom stereocenters. The summed E-state index contributed by atoms with van der Waals surface area (Å²) >= 11 is 6.15. The Balaban J connectivity index is 1.70. The number of carbonyl (C=O) groups is 1. The van der Waals surface area contributed by atoms with E-state index in [2.05, 4.69) is 4.98 Å². The zero-order valence-corrected chi connectivity index (χ0v) is 21.4. The first-order valence-corrected chi connectivity index (χ1v) is 13.3. The smallest absolute Gasteiger partial charge is 0.335 e. The fraction of sp³-hybridized carbons (Fsp3) is 0.154. The monoisotopic (exact) mass is 555 g/mol. The van der Waals surface area contributed by atoms with Gasteiger partial charge in [0.1, 0.15) is 30.9 Å². The summed E-state index contributed by atoms with van der Waals surface area (Å²) in [4.78, 5) is 28.5. The predicted molar refractivity (Wildman–Crippen MR) is 138 cm³/mol. The van der Waals surface area contributed by atoms with Crippen molar-refractivity contribution in [2.45, 2.75) is 18.1 Å². The van der Waals surface area contributed by atoms with Gasteiger partial charge in [-0.15, -0.1) is 0 Å². The minimum Gasteiger partial charge on any atom is -0.491 e. The Morgan fingerprint density at radius 2 is 1.97 bits per heavy atom. The van der Waals surface area contributed by atoms with Gasteiger partial charge in [0, 0.05) is 16.8 Å². The molecule has 4 aromatic rings. The lowest BCUT2D eigenvalue weighted by Crippen LogP contribution is -2.28. The summed E-state index contributed by atoms with van der Waals surface area (Å²) in [6, 6.07) is 15.0. The average Bonchev–Trinajstić information content (AvgIpc) is 2.89. The van der Waals surface area contributed by atoms with E-state index in [1.165, 1.54) is 12.1 Å². The highest BCUT2D eigenvalue weighted by Crippen LogP contribution is 2.33. The Kier molecular flexibility index (Phi) is 7.48. The highest BCUT2D eigenvalue weighted by Gasteiger charge is 2.19. The minimum absolute atomic E-state index is 0.0714. The molecule has 0 aliphatic heterocycles. The van der Waals surface area contributed by atoms with Crippen LogP contribution in [0.2, 0.25) is 5.02 Å². The normalized spacial score (nSPS) is 11.3. The Labute approximate surface area is 221 Å². The summed E-state index contributed by atoms with van der Waals surface area (Å²) in [5, 5.41) is 19.1. The number of aromatic carboxylic acids is 1. The summed E-state index contributed by atoms with van der Waals surface area (Å²) in [6.07, 6.45) is 0.951. The van der Waals surface area contributed by atoms with Crippen molar-refractivity contribution >= 4 is 38.3 Å². The Morgan fingerprint density at radius 1 is 1.21 bits per heavy atom. The minimum atomic E-state index is -3.71. The maximum atomic E-state index is 13.9. The molecule has 3 aromatic carbocycles. The standard InChI is InChI=1S/C26H19ClFN3O6S/c1-38(35,36)19-10-17(14-29)24-21(12-19)30-23(13-28)31(25(24)32)7-8-37-22-6-5-18(27)11-20(22)15-3-2-4-16(9-15)26(33)34/h2-6,9-12H,7-8,13H2,1H3,(H,33,34). The SMILES string of the molecule is CS(=O)(=O)c1cc(C#N)c2c(=O)n(CCOc3ccc(Cl)cc3-c3cccc(C(=O)O)c3)c(CF)nc2c1. The van der Waals surface area contributed by atoms with Crippen LogP contribution in [-0.4, -0.2) is 41.9 Å². The molecule has 0 aliphatic rings. The fourth-order valence-corrected chi connectivity index (χ4v) is 4.75. The Morgan fingerprint density at radius 3 is 2.63 bits per heavy atom. The van der Waals surface area contributed by atoms with E-state index < -0.39 is 28.0 Å². The number of nitriles is 1. The predicted octanol–water partition coefficient (Wildman–Crippen LogP) is 4.24. The van der Waals surface area contributed by atoms with Crippen LogP contribution >= 0.6 is 11.6 Å². The number of sulfone groups is 1. The molecule has 1 N–H and O–H groups in total. The van der Waals surface area contributed by atoms with E-state index in [0.29, 0.717) is 21.9 Å². The molecule has 0 amide bonds. The van der Waals surface area contributed by atoms with Crippen LogP contribution in [0.4, 0.5) is 4.39 Å². The molecule has 1 heterocycles. The maximum absolute atomic E-state index is 13.9. The van der Waals surface area contributed by atoms with Gasteiger partial charge in [-0.2, -0.15) is 5.26 Å². The van der Waals surface area contributed by atoms with Gasteiger partial charge in [0.15, 0.2) is 9.84 Å². The van der Waals surface area contributed by atoms with Gasteiger partial charge < -0.3 is 9.84 Å². The molecule has 0 unspecified atom stereocenters. The molecule has 0 spiro atoms. The van der Waals surface area contributed by atoms with E-state index in [1.807, 2.05) is 6.07 Å². The first kappa shape index (κ1) is 26.8. The number of hydrogen-bond donors (Lipinski definition) is 1. The average molecular weight is 556 g/mol. The second-order valence-electron chi connectivity index (χ2n) is 8.24. The van der Waals surface area contributed by atoms with Crippen LogP contribution in [0, 0.1) is 11.3 Å². The van der Waals surface area contributed by atoms with Gasteiger partial charge in [0.2, 0.25) is 0 Å². The van der Waals surface area contributed by atoms with Crippen molar-refractivity contribution in [1.82, 2.24) is 9.55 Å². The number of alkyl halides is 1. The quantitative estimate of drug-likeness (QED) is 0.340. The number of fused-ring (bicyclic) bond motifs is 1. The molecule has 0 saturated heterocycles. The molecule has 38 heavy (non-hydrogen) atoms. The molecule has 0 aliphatic carbocycles. The summed E-state index contributed by atoms with van der Waals surface area (Å²) in [6.45, 7) is -1.38. The molecular formula is C26H19ClFN3O6S. The van der Waals surface area contributed by atoms with E-state index >= 15 is 0 Å².